The normalized spacial score (nSPS) is 20.9. The molecule has 2 rings (SSSR count). The highest BCUT2D eigenvalue weighted by atomic mass is 32.2. The van der Waals surface area contributed by atoms with Gasteiger partial charge in [0.05, 0.1) is 11.4 Å². The third-order valence-corrected chi connectivity index (χ3v) is 4.71. The molecule has 0 radical (unpaired) electrons. The molecule has 0 saturated carbocycles. The molecule has 0 aliphatic carbocycles. The van der Waals surface area contributed by atoms with Gasteiger partial charge in [0.15, 0.2) is 4.34 Å². The van der Waals surface area contributed by atoms with E-state index in [0.717, 1.165) is 28.8 Å². The van der Waals surface area contributed by atoms with E-state index in [0.29, 0.717) is 6.54 Å². The minimum absolute atomic E-state index is 0.0309. The van der Waals surface area contributed by atoms with Gasteiger partial charge >= 0.3 is 0 Å². The average molecular weight is 287 g/mol. The van der Waals surface area contributed by atoms with Crippen LogP contribution in [0.3, 0.4) is 0 Å². The third-order valence-electron chi connectivity index (χ3n) is 2.68. The van der Waals surface area contributed by atoms with E-state index in [1.165, 1.54) is 23.1 Å². The first kappa shape index (κ1) is 13.8. The Labute approximate surface area is 115 Å². The summed E-state index contributed by atoms with van der Waals surface area (Å²) < 4.78 is 6.30. The number of amides is 1. The number of thioether (sulfide) groups is 1. The Kier molecular flexibility index (Phi) is 4.96. The molecule has 2 heterocycles. The van der Waals surface area contributed by atoms with Crippen molar-refractivity contribution in [3.05, 3.63) is 5.01 Å². The van der Waals surface area contributed by atoms with Crippen LogP contribution in [0.5, 0.6) is 0 Å². The van der Waals surface area contributed by atoms with Crippen LogP contribution >= 0.6 is 23.1 Å². The SMILES string of the molecule is Cc1nnc(S[C@@H](C)C(=O)NC[C@@H]2CCCO2)s1. The molecular formula is C11H17N3O2S2. The van der Waals surface area contributed by atoms with Gasteiger partial charge in [-0.15, -0.1) is 10.2 Å². The second kappa shape index (κ2) is 6.49. The van der Waals surface area contributed by atoms with Gasteiger partial charge in [-0.2, -0.15) is 0 Å². The molecule has 2 atom stereocenters. The summed E-state index contributed by atoms with van der Waals surface area (Å²) in [6, 6.07) is 0. The Morgan fingerprint density at radius 2 is 2.50 bits per heavy atom. The van der Waals surface area contributed by atoms with Gasteiger partial charge in [0, 0.05) is 13.2 Å². The molecule has 1 aliphatic rings. The Morgan fingerprint density at radius 3 is 3.11 bits per heavy atom. The van der Waals surface area contributed by atoms with Crippen LogP contribution in [0.2, 0.25) is 0 Å². The Hall–Kier alpha value is -0.660. The first-order valence-electron chi connectivity index (χ1n) is 6.01. The molecule has 1 saturated heterocycles. The van der Waals surface area contributed by atoms with Crippen molar-refractivity contribution in [2.75, 3.05) is 13.2 Å². The molecule has 1 aromatic heterocycles. The summed E-state index contributed by atoms with van der Waals surface area (Å²) in [5, 5.41) is 11.6. The first-order valence-corrected chi connectivity index (χ1v) is 7.71. The summed E-state index contributed by atoms with van der Waals surface area (Å²) in [7, 11) is 0. The lowest BCUT2D eigenvalue weighted by atomic mass is 10.2. The van der Waals surface area contributed by atoms with E-state index in [4.69, 9.17) is 4.74 Å². The van der Waals surface area contributed by atoms with E-state index in [-0.39, 0.29) is 17.3 Å². The molecule has 18 heavy (non-hydrogen) atoms. The van der Waals surface area contributed by atoms with E-state index in [9.17, 15) is 4.79 Å². The maximum absolute atomic E-state index is 11.9. The van der Waals surface area contributed by atoms with E-state index in [1.807, 2.05) is 13.8 Å². The maximum Gasteiger partial charge on any atom is 0.233 e. The van der Waals surface area contributed by atoms with Crippen LogP contribution in [0.25, 0.3) is 0 Å². The van der Waals surface area contributed by atoms with Gasteiger partial charge in [-0.3, -0.25) is 4.79 Å². The van der Waals surface area contributed by atoms with E-state index in [1.54, 1.807) is 0 Å². The van der Waals surface area contributed by atoms with Crippen LogP contribution in [-0.4, -0.2) is 40.6 Å². The van der Waals surface area contributed by atoms with Gasteiger partial charge in [0.2, 0.25) is 5.91 Å². The fourth-order valence-electron chi connectivity index (χ4n) is 1.69. The highest BCUT2D eigenvalue weighted by Crippen LogP contribution is 2.26. The maximum atomic E-state index is 11.9. The van der Waals surface area contributed by atoms with Gasteiger partial charge in [0.1, 0.15) is 5.01 Å². The zero-order chi connectivity index (χ0) is 13.0. The molecule has 1 fully saturated rings. The van der Waals surface area contributed by atoms with Crippen LogP contribution in [0.15, 0.2) is 4.34 Å². The molecule has 0 unspecified atom stereocenters. The van der Waals surface area contributed by atoms with Crippen molar-refractivity contribution in [3.8, 4) is 0 Å². The largest absolute Gasteiger partial charge is 0.376 e. The van der Waals surface area contributed by atoms with Crippen LogP contribution < -0.4 is 5.32 Å². The zero-order valence-electron chi connectivity index (χ0n) is 10.5. The lowest BCUT2D eigenvalue weighted by molar-refractivity contribution is -0.120. The van der Waals surface area contributed by atoms with Crippen LogP contribution in [-0.2, 0) is 9.53 Å². The Morgan fingerprint density at radius 1 is 1.67 bits per heavy atom. The monoisotopic (exact) mass is 287 g/mol. The highest BCUT2D eigenvalue weighted by Gasteiger charge is 2.20. The minimum atomic E-state index is -0.154. The van der Waals surface area contributed by atoms with E-state index >= 15 is 0 Å². The topological polar surface area (TPSA) is 64.1 Å². The molecule has 1 amide bonds. The first-order chi connectivity index (χ1) is 8.65. The number of carbonyl (C=O) groups is 1. The molecule has 1 N–H and O–H groups in total. The highest BCUT2D eigenvalue weighted by molar-refractivity contribution is 8.02. The number of rotatable bonds is 5. The van der Waals surface area contributed by atoms with Crippen molar-refractivity contribution < 1.29 is 9.53 Å². The molecule has 5 nitrogen and oxygen atoms in total. The van der Waals surface area contributed by atoms with Gasteiger partial charge in [-0.25, -0.2) is 0 Å². The molecular weight excluding hydrogens is 270 g/mol. The van der Waals surface area contributed by atoms with Crippen LogP contribution in [0.4, 0.5) is 0 Å². The zero-order valence-corrected chi connectivity index (χ0v) is 12.1. The molecule has 100 valence electrons. The standard InChI is InChI=1S/C11H17N3O2S2/c1-7(17-11-14-13-8(2)18-11)10(15)12-6-9-4-3-5-16-9/h7,9H,3-6H2,1-2H3,(H,12,15)/t7-,9-/m0/s1. The van der Waals surface area contributed by atoms with Crippen LogP contribution in [0.1, 0.15) is 24.8 Å². The molecule has 1 aliphatic heterocycles. The number of aromatic nitrogens is 2. The summed E-state index contributed by atoms with van der Waals surface area (Å²) in [6.45, 7) is 5.21. The fourth-order valence-corrected chi connectivity index (χ4v) is 3.68. The quantitative estimate of drug-likeness (QED) is 0.834. The Bertz CT molecular complexity index is 405. The number of hydrogen-bond acceptors (Lipinski definition) is 6. The fraction of sp³-hybridized carbons (Fsp3) is 0.727. The molecule has 0 spiro atoms. The van der Waals surface area contributed by atoms with Crippen molar-refractivity contribution >= 4 is 29.0 Å². The van der Waals surface area contributed by atoms with E-state index in [2.05, 4.69) is 15.5 Å². The van der Waals surface area contributed by atoms with Crippen molar-refractivity contribution in [3.63, 3.8) is 0 Å². The summed E-state index contributed by atoms with van der Waals surface area (Å²) in [5.74, 6) is 0.0309. The predicted molar refractivity (Wildman–Crippen MR) is 71.9 cm³/mol. The van der Waals surface area contributed by atoms with Crippen molar-refractivity contribution in [1.29, 1.82) is 0 Å². The van der Waals surface area contributed by atoms with E-state index < -0.39 is 0 Å². The molecule has 7 heteroatoms. The minimum Gasteiger partial charge on any atom is -0.376 e. The smallest absolute Gasteiger partial charge is 0.233 e. The number of carbonyl (C=O) groups excluding carboxylic acids is 1. The van der Waals surface area contributed by atoms with Gasteiger partial charge in [-0.05, 0) is 26.7 Å². The second-order valence-electron chi connectivity index (χ2n) is 4.23. The van der Waals surface area contributed by atoms with Gasteiger partial charge in [0.25, 0.3) is 0 Å². The van der Waals surface area contributed by atoms with Gasteiger partial charge < -0.3 is 10.1 Å². The van der Waals surface area contributed by atoms with Crippen molar-refractivity contribution in [2.24, 2.45) is 0 Å². The third kappa shape index (κ3) is 3.93. The number of nitrogens with zero attached hydrogens (tertiary/aromatic N) is 2. The summed E-state index contributed by atoms with van der Waals surface area (Å²) in [6.07, 6.45) is 2.32. The predicted octanol–water partition coefficient (Wildman–Crippen LogP) is 1.62. The van der Waals surface area contributed by atoms with Crippen LogP contribution in [0, 0.1) is 6.92 Å². The average Bonchev–Trinajstić information content (AvgIpc) is 2.97. The summed E-state index contributed by atoms with van der Waals surface area (Å²) >= 11 is 2.96. The van der Waals surface area contributed by atoms with Gasteiger partial charge in [-0.1, -0.05) is 23.1 Å². The second-order valence-corrected chi connectivity index (χ2v) is 7.00. The number of nitrogens with one attached hydrogen (secondary N) is 1. The molecule has 0 bridgehead atoms. The summed E-state index contributed by atoms with van der Waals surface area (Å²) in [5.41, 5.74) is 0. The lowest BCUT2D eigenvalue weighted by Gasteiger charge is -2.13. The molecule has 0 aromatic carbocycles. The lowest BCUT2D eigenvalue weighted by Crippen LogP contribution is -2.36. The summed E-state index contributed by atoms with van der Waals surface area (Å²) in [4.78, 5) is 11.9. The molecule has 1 aromatic rings. The Balaban J connectivity index is 1.74. The number of ether oxygens (including phenoxy) is 1. The van der Waals surface area contributed by atoms with Crippen molar-refractivity contribution in [2.45, 2.75) is 42.4 Å². The number of aryl methyl sites for hydroxylation is 1. The van der Waals surface area contributed by atoms with Crippen molar-refractivity contribution in [1.82, 2.24) is 15.5 Å². The number of hydrogen-bond donors (Lipinski definition) is 1.